The smallest absolute Gasteiger partial charge is 0.154 e. The fourth-order valence-electron chi connectivity index (χ4n) is 2.49. The first-order valence-electron chi connectivity index (χ1n) is 6.63. The Balaban J connectivity index is 2.23. The van der Waals surface area contributed by atoms with Crippen LogP contribution in [0.3, 0.4) is 0 Å². The summed E-state index contributed by atoms with van der Waals surface area (Å²) in [5.74, 6) is 0. The Bertz CT molecular complexity index is 712. The molecule has 1 aliphatic rings. The number of benzene rings is 2. The second kappa shape index (κ2) is 5.68. The summed E-state index contributed by atoms with van der Waals surface area (Å²) in [5.41, 5.74) is 2.90. The van der Waals surface area contributed by atoms with Crippen LogP contribution in [0.4, 0.5) is 0 Å². The Kier molecular flexibility index (Phi) is 3.89. The number of likely N-dealkylation sites (N-methyl/N-ethyl adjacent to an activating group) is 1. The van der Waals surface area contributed by atoms with Crippen molar-refractivity contribution in [2.75, 3.05) is 7.05 Å². The van der Waals surface area contributed by atoms with Crippen molar-refractivity contribution < 1.29 is 0 Å². The number of hydrogen-bond donors (Lipinski definition) is 1. The number of fused-ring (bicyclic) bond motifs is 1. The van der Waals surface area contributed by atoms with Gasteiger partial charge in [-0.05, 0) is 19.8 Å². The molecule has 0 aromatic heterocycles. The lowest BCUT2D eigenvalue weighted by atomic mass is 10.0. The minimum atomic E-state index is -0.756. The molecule has 1 aliphatic heterocycles. The molecule has 2 nitrogen and oxygen atoms in total. The lowest BCUT2D eigenvalue weighted by molar-refractivity contribution is 0.630. The molecule has 1 atom stereocenters. The van der Waals surface area contributed by atoms with Crippen LogP contribution in [0.2, 0.25) is 0 Å². The van der Waals surface area contributed by atoms with E-state index in [0.717, 1.165) is 26.6 Å². The first kappa shape index (κ1) is 14.4. The van der Waals surface area contributed by atoms with E-state index in [1.807, 2.05) is 55.6 Å². The summed E-state index contributed by atoms with van der Waals surface area (Å²) in [6, 6.07) is 18.1. The summed E-state index contributed by atoms with van der Waals surface area (Å²) in [7, 11) is 1.86. The lowest BCUT2D eigenvalue weighted by Gasteiger charge is -2.24. The number of rotatable bonds is 3. The molecule has 1 unspecified atom stereocenters. The van der Waals surface area contributed by atoms with Crippen LogP contribution in [0, 0.1) is 0 Å². The monoisotopic (exact) mass is 314 g/mol. The van der Waals surface area contributed by atoms with E-state index < -0.39 is 5.00 Å². The van der Waals surface area contributed by atoms with Crippen LogP contribution in [0.1, 0.15) is 11.1 Å². The largest absolute Gasteiger partial charge is 0.294 e. The van der Waals surface area contributed by atoms with Gasteiger partial charge in [0.25, 0.3) is 0 Å². The van der Waals surface area contributed by atoms with E-state index in [1.165, 1.54) is 0 Å². The highest BCUT2D eigenvalue weighted by atomic mass is 35.5. The van der Waals surface area contributed by atoms with E-state index in [1.54, 1.807) is 11.8 Å². The predicted octanol–water partition coefficient (Wildman–Crippen LogP) is 4.47. The molecule has 106 valence electrons. The topological polar surface area (TPSA) is 24.4 Å². The minimum absolute atomic E-state index is 0.756. The summed E-state index contributed by atoms with van der Waals surface area (Å²) in [6.45, 7) is 3.74. The van der Waals surface area contributed by atoms with Gasteiger partial charge in [-0.2, -0.15) is 0 Å². The summed E-state index contributed by atoms with van der Waals surface area (Å²) < 4.78 is 0. The zero-order valence-corrected chi connectivity index (χ0v) is 13.2. The van der Waals surface area contributed by atoms with Gasteiger partial charge in [-0.3, -0.25) is 10.3 Å². The molecule has 2 aromatic rings. The number of nitrogens with one attached hydrogen (secondary N) is 1. The SMILES string of the molecule is C=N/C(=C1/Sc2ccccc2C1(Cl)NC)c1ccccc1. The highest BCUT2D eigenvalue weighted by Gasteiger charge is 2.43. The zero-order chi connectivity index (χ0) is 14.9. The quantitative estimate of drug-likeness (QED) is 0.513. The van der Waals surface area contributed by atoms with Crippen LogP contribution >= 0.6 is 23.4 Å². The molecule has 1 heterocycles. The van der Waals surface area contributed by atoms with Crippen molar-refractivity contribution in [3.63, 3.8) is 0 Å². The Hall–Kier alpha value is -1.55. The fraction of sp³-hybridized carbons (Fsp3) is 0.118. The molecule has 0 fully saturated rings. The molecule has 0 saturated heterocycles. The first-order chi connectivity index (χ1) is 10.2. The molecule has 4 heteroatoms. The molecule has 0 amide bonds. The molecule has 0 bridgehead atoms. The van der Waals surface area contributed by atoms with Gasteiger partial charge in [-0.25, -0.2) is 0 Å². The van der Waals surface area contributed by atoms with Crippen LogP contribution in [0.25, 0.3) is 5.70 Å². The van der Waals surface area contributed by atoms with Crippen molar-refractivity contribution in [3.8, 4) is 0 Å². The lowest BCUT2D eigenvalue weighted by Crippen LogP contribution is -2.33. The maximum atomic E-state index is 6.90. The third kappa shape index (κ3) is 2.31. The van der Waals surface area contributed by atoms with Crippen molar-refractivity contribution in [2.45, 2.75) is 9.89 Å². The molecule has 0 spiro atoms. The zero-order valence-electron chi connectivity index (χ0n) is 11.6. The standard InChI is InChI=1S/C17H15ClN2S/c1-19-15(12-8-4-3-5-9-12)16-17(18,20-2)13-10-6-7-11-14(13)21-16/h3-11,20H,1H2,2H3/b16-15+. The van der Waals surface area contributed by atoms with Crippen molar-refractivity contribution >= 4 is 35.8 Å². The van der Waals surface area contributed by atoms with Gasteiger partial charge < -0.3 is 0 Å². The Labute approximate surface area is 133 Å². The van der Waals surface area contributed by atoms with Crippen LogP contribution in [-0.4, -0.2) is 13.8 Å². The average molecular weight is 315 g/mol. The first-order valence-corrected chi connectivity index (χ1v) is 7.82. The van der Waals surface area contributed by atoms with E-state index in [0.29, 0.717) is 0 Å². The van der Waals surface area contributed by atoms with Gasteiger partial charge in [0.05, 0.1) is 10.6 Å². The molecule has 1 N–H and O–H groups in total. The number of alkyl halides is 1. The molecule has 21 heavy (non-hydrogen) atoms. The van der Waals surface area contributed by atoms with Gasteiger partial charge >= 0.3 is 0 Å². The maximum Gasteiger partial charge on any atom is 0.154 e. The second-order valence-electron chi connectivity index (χ2n) is 4.71. The van der Waals surface area contributed by atoms with Gasteiger partial charge in [0.15, 0.2) is 5.00 Å². The van der Waals surface area contributed by atoms with Gasteiger partial charge in [0.1, 0.15) is 0 Å². The third-order valence-electron chi connectivity index (χ3n) is 3.55. The van der Waals surface area contributed by atoms with Crippen LogP contribution in [0.5, 0.6) is 0 Å². The summed E-state index contributed by atoms with van der Waals surface area (Å²) in [4.78, 5) is 5.61. The van der Waals surface area contributed by atoms with Gasteiger partial charge in [-0.15, -0.1) is 0 Å². The summed E-state index contributed by atoms with van der Waals surface area (Å²) >= 11 is 8.54. The van der Waals surface area contributed by atoms with Crippen LogP contribution in [-0.2, 0) is 5.00 Å². The van der Waals surface area contributed by atoms with Gasteiger partial charge in [-0.1, -0.05) is 71.9 Å². The van der Waals surface area contributed by atoms with Gasteiger partial charge in [0, 0.05) is 16.0 Å². The van der Waals surface area contributed by atoms with E-state index in [9.17, 15) is 0 Å². The molecule has 0 radical (unpaired) electrons. The summed E-state index contributed by atoms with van der Waals surface area (Å²) in [5, 5.41) is 3.23. The highest BCUT2D eigenvalue weighted by Crippen LogP contribution is 2.55. The summed E-state index contributed by atoms with van der Waals surface area (Å²) in [6.07, 6.45) is 0. The number of thioether (sulfide) groups is 1. The average Bonchev–Trinajstić information content (AvgIpc) is 2.84. The Morgan fingerprint density at radius 1 is 1.14 bits per heavy atom. The van der Waals surface area contributed by atoms with E-state index in [4.69, 9.17) is 11.6 Å². The molecule has 2 aromatic carbocycles. The van der Waals surface area contributed by atoms with E-state index >= 15 is 0 Å². The normalized spacial score (nSPS) is 22.8. The maximum absolute atomic E-state index is 6.90. The van der Waals surface area contributed by atoms with E-state index in [2.05, 4.69) is 23.1 Å². The Morgan fingerprint density at radius 3 is 2.48 bits per heavy atom. The number of aliphatic imine (C=N–C) groups is 1. The molecule has 3 rings (SSSR count). The number of hydrogen-bond acceptors (Lipinski definition) is 3. The number of nitrogens with zero attached hydrogens (tertiary/aromatic N) is 1. The van der Waals surface area contributed by atoms with Crippen LogP contribution < -0.4 is 5.32 Å². The van der Waals surface area contributed by atoms with Crippen LogP contribution in [0.15, 0.2) is 69.4 Å². The molecule has 0 saturated carbocycles. The predicted molar refractivity (Wildman–Crippen MR) is 91.8 cm³/mol. The van der Waals surface area contributed by atoms with Gasteiger partial charge in [0.2, 0.25) is 0 Å². The molecular formula is C17H15ClN2S. The van der Waals surface area contributed by atoms with Crippen molar-refractivity contribution in [1.82, 2.24) is 5.32 Å². The van der Waals surface area contributed by atoms with Crippen molar-refractivity contribution in [1.29, 1.82) is 0 Å². The fourth-order valence-corrected chi connectivity index (χ4v) is 4.25. The minimum Gasteiger partial charge on any atom is -0.294 e. The Morgan fingerprint density at radius 2 is 1.81 bits per heavy atom. The molecule has 0 aliphatic carbocycles. The second-order valence-corrected chi connectivity index (χ2v) is 6.33. The van der Waals surface area contributed by atoms with E-state index in [-0.39, 0.29) is 0 Å². The highest BCUT2D eigenvalue weighted by molar-refractivity contribution is 8.03. The van der Waals surface area contributed by atoms with Crippen molar-refractivity contribution in [2.24, 2.45) is 4.99 Å². The third-order valence-corrected chi connectivity index (χ3v) is 5.52. The molecular weight excluding hydrogens is 300 g/mol. The van der Waals surface area contributed by atoms with Crippen molar-refractivity contribution in [3.05, 3.63) is 70.6 Å². The number of halogens is 1.